The molecule has 0 rings (SSSR count). The van der Waals surface area contributed by atoms with Gasteiger partial charge in [0.15, 0.2) is 5.11 Å². The lowest BCUT2D eigenvalue weighted by Gasteiger charge is -2.15. The molecule has 5 nitrogen and oxygen atoms in total. The minimum atomic E-state index is -0.334. The van der Waals surface area contributed by atoms with E-state index in [4.69, 9.17) is 22.7 Å². The van der Waals surface area contributed by atoms with E-state index in [0.717, 1.165) is 26.2 Å². The largest absolute Gasteiger partial charge is 0.382 e. The van der Waals surface area contributed by atoms with Gasteiger partial charge in [-0.25, -0.2) is 0 Å². The second-order valence-corrected chi connectivity index (χ2v) is 3.93. The molecular formula is C10H21N3O2S. The van der Waals surface area contributed by atoms with Gasteiger partial charge in [-0.2, -0.15) is 0 Å². The molecule has 1 atom stereocenters. The highest BCUT2D eigenvalue weighted by Gasteiger charge is 2.06. The molecule has 0 spiro atoms. The molecule has 0 saturated heterocycles. The van der Waals surface area contributed by atoms with E-state index in [1.165, 1.54) is 0 Å². The summed E-state index contributed by atoms with van der Waals surface area (Å²) >= 11 is 5.05. The highest BCUT2D eigenvalue weighted by Crippen LogP contribution is 1.88. The van der Waals surface area contributed by atoms with Crippen LogP contribution in [0.15, 0.2) is 0 Å². The Morgan fingerprint density at radius 3 is 2.81 bits per heavy atom. The van der Waals surface area contributed by atoms with Crippen LogP contribution >= 0.6 is 12.2 Å². The zero-order chi connectivity index (χ0) is 12.4. The molecule has 6 heteroatoms. The van der Waals surface area contributed by atoms with Gasteiger partial charge in [0.1, 0.15) is 0 Å². The lowest BCUT2D eigenvalue weighted by molar-refractivity contribution is -0.118. The number of carbonyl (C=O) groups is 1. The molecule has 0 fully saturated rings. The minimum Gasteiger partial charge on any atom is -0.382 e. The number of amides is 1. The van der Waals surface area contributed by atoms with Crippen LogP contribution in [0.2, 0.25) is 0 Å². The van der Waals surface area contributed by atoms with Crippen molar-refractivity contribution in [3.63, 3.8) is 0 Å². The van der Waals surface area contributed by atoms with Gasteiger partial charge >= 0.3 is 0 Å². The molecule has 0 aliphatic rings. The van der Waals surface area contributed by atoms with E-state index in [1.54, 1.807) is 0 Å². The second kappa shape index (κ2) is 9.35. The fraction of sp³-hybridized carbons (Fsp3) is 0.800. The van der Waals surface area contributed by atoms with Crippen LogP contribution in [0.1, 0.15) is 26.7 Å². The lowest BCUT2D eigenvalue weighted by Crippen LogP contribution is -2.42. The molecule has 1 amide bonds. The molecule has 4 N–H and O–H groups in total. The molecule has 0 bridgehead atoms. The van der Waals surface area contributed by atoms with Crippen molar-refractivity contribution in [3.05, 3.63) is 0 Å². The summed E-state index contributed by atoms with van der Waals surface area (Å²) in [5.74, 6) is -0.334. The van der Waals surface area contributed by atoms with Gasteiger partial charge < -0.3 is 21.1 Å². The monoisotopic (exact) mass is 247 g/mol. The van der Waals surface area contributed by atoms with Crippen molar-refractivity contribution in [2.24, 2.45) is 5.73 Å². The van der Waals surface area contributed by atoms with Crippen LogP contribution < -0.4 is 16.4 Å². The summed E-state index contributed by atoms with van der Waals surface area (Å²) in [6, 6.07) is -0.0376. The molecule has 0 aromatic rings. The van der Waals surface area contributed by atoms with Gasteiger partial charge in [-0.3, -0.25) is 4.79 Å². The van der Waals surface area contributed by atoms with E-state index in [9.17, 15) is 4.79 Å². The average Bonchev–Trinajstić information content (AvgIpc) is 2.15. The van der Waals surface area contributed by atoms with Crippen molar-refractivity contribution in [1.82, 2.24) is 10.6 Å². The van der Waals surface area contributed by atoms with Crippen molar-refractivity contribution in [3.8, 4) is 0 Å². The molecule has 0 aliphatic heterocycles. The maximum absolute atomic E-state index is 10.6. The number of rotatable bonds is 8. The summed E-state index contributed by atoms with van der Waals surface area (Å²) in [4.78, 5) is 10.6. The van der Waals surface area contributed by atoms with Gasteiger partial charge in [0.05, 0.1) is 0 Å². The first-order valence-electron chi connectivity index (χ1n) is 5.46. The van der Waals surface area contributed by atoms with Gasteiger partial charge in [-0.1, -0.05) is 0 Å². The number of nitrogens with two attached hydrogens (primary N) is 1. The fourth-order valence-corrected chi connectivity index (χ4v) is 1.45. The maximum atomic E-state index is 10.6. The first kappa shape index (κ1) is 15.1. The number of primary amides is 1. The molecule has 0 saturated carbocycles. The summed E-state index contributed by atoms with van der Waals surface area (Å²) in [5, 5.41) is 6.56. The number of thiocarbonyl (C=S) groups is 1. The quantitative estimate of drug-likeness (QED) is 0.420. The van der Waals surface area contributed by atoms with Gasteiger partial charge in [0, 0.05) is 32.2 Å². The maximum Gasteiger partial charge on any atom is 0.219 e. The number of nitrogens with one attached hydrogen (secondary N) is 2. The number of carbonyl (C=O) groups excluding carboxylic acids is 1. The normalized spacial score (nSPS) is 11.9. The Hall–Kier alpha value is -0.880. The average molecular weight is 247 g/mol. The Morgan fingerprint density at radius 1 is 1.56 bits per heavy atom. The van der Waals surface area contributed by atoms with Crippen molar-refractivity contribution < 1.29 is 9.53 Å². The highest BCUT2D eigenvalue weighted by molar-refractivity contribution is 7.80. The Morgan fingerprint density at radius 2 is 2.25 bits per heavy atom. The van der Waals surface area contributed by atoms with Crippen LogP contribution in [0.25, 0.3) is 0 Å². The topological polar surface area (TPSA) is 76.4 Å². The summed E-state index contributed by atoms with van der Waals surface area (Å²) < 4.78 is 5.18. The highest BCUT2D eigenvalue weighted by atomic mass is 32.1. The van der Waals surface area contributed by atoms with Crippen LogP contribution in [0.4, 0.5) is 0 Å². The summed E-state index contributed by atoms with van der Waals surface area (Å²) in [5.41, 5.74) is 5.06. The van der Waals surface area contributed by atoms with Crippen LogP contribution in [0.5, 0.6) is 0 Å². The predicted octanol–water partition coefficient (Wildman–Crippen LogP) is 0.141. The molecule has 0 aromatic carbocycles. The molecule has 94 valence electrons. The number of hydrogen-bond acceptors (Lipinski definition) is 3. The van der Waals surface area contributed by atoms with Crippen molar-refractivity contribution in [2.45, 2.75) is 32.7 Å². The summed E-state index contributed by atoms with van der Waals surface area (Å²) in [7, 11) is 0. The standard InChI is InChI=1S/C10H21N3O2S/c1-3-15-6-4-5-12-10(16)13-8(2)7-9(11)14/h8H,3-7H2,1-2H3,(H2,11,14)(H2,12,13,16). The van der Waals surface area contributed by atoms with Gasteiger partial charge in [0.2, 0.25) is 5.91 Å². The Labute approximate surface area is 102 Å². The Bertz CT molecular complexity index is 224. The van der Waals surface area contributed by atoms with Crippen LogP contribution in [-0.2, 0) is 9.53 Å². The summed E-state index contributed by atoms with van der Waals surface area (Å²) in [6.07, 6.45) is 1.18. The molecule has 0 heterocycles. The van der Waals surface area contributed by atoms with Crippen molar-refractivity contribution in [2.75, 3.05) is 19.8 Å². The van der Waals surface area contributed by atoms with Crippen LogP contribution in [-0.4, -0.2) is 36.8 Å². The molecule has 1 unspecified atom stereocenters. The van der Waals surface area contributed by atoms with Gasteiger partial charge in [-0.05, 0) is 32.5 Å². The first-order valence-corrected chi connectivity index (χ1v) is 5.87. The number of ether oxygens (including phenoxy) is 1. The van der Waals surface area contributed by atoms with Gasteiger partial charge in [-0.15, -0.1) is 0 Å². The zero-order valence-corrected chi connectivity index (χ0v) is 10.7. The van der Waals surface area contributed by atoms with Crippen LogP contribution in [0, 0.1) is 0 Å². The van der Waals surface area contributed by atoms with E-state index >= 15 is 0 Å². The SMILES string of the molecule is CCOCCCNC(=S)NC(C)CC(N)=O. The third-order valence-corrected chi connectivity index (χ3v) is 2.10. The molecule has 16 heavy (non-hydrogen) atoms. The number of hydrogen-bond donors (Lipinski definition) is 3. The molecule has 0 aliphatic carbocycles. The third kappa shape index (κ3) is 9.67. The smallest absolute Gasteiger partial charge is 0.219 e. The van der Waals surface area contributed by atoms with E-state index in [2.05, 4.69) is 10.6 Å². The summed E-state index contributed by atoms with van der Waals surface area (Å²) in [6.45, 7) is 6.04. The Balaban J connectivity index is 3.47. The molecule has 0 aromatic heterocycles. The van der Waals surface area contributed by atoms with Gasteiger partial charge in [0.25, 0.3) is 0 Å². The lowest BCUT2D eigenvalue weighted by atomic mass is 10.2. The van der Waals surface area contributed by atoms with E-state index in [-0.39, 0.29) is 18.4 Å². The molecular weight excluding hydrogens is 226 g/mol. The third-order valence-electron chi connectivity index (χ3n) is 1.84. The van der Waals surface area contributed by atoms with Crippen molar-refractivity contribution in [1.29, 1.82) is 0 Å². The Kier molecular flexibility index (Phi) is 8.84. The molecule has 0 radical (unpaired) electrons. The van der Waals surface area contributed by atoms with E-state index < -0.39 is 0 Å². The second-order valence-electron chi connectivity index (χ2n) is 3.52. The fourth-order valence-electron chi connectivity index (χ4n) is 1.15. The van der Waals surface area contributed by atoms with E-state index in [1.807, 2.05) is 13.8 Å². The van der Waals surface area contributed by atoms with Crippen LogP contribution in [0.3, 0.4) is 0 Å². The predicted molar refractivity (Wildman–Crippen MR) is 68.1 cm³/mol. The minimum absolute atomic E-state index is 0.0376. The zero-order valence-electron chi connectivity index (χ0n) is 9.91. The first-order chi connectivity index (χ1) is 7.56. The van der Waals surface area contributed by atoms with E-state index in [0.29, 0.717) is 5.11 Å². The van der Waals surface area contributed by atoms with Crippen molar-refractivity contribution >= 4 is 23.2 Å².